The lowest BCUT2D eigenvalue weighted by Crippen LogP contribution is -2.27. The molecule has 0 spiro atoms. The highest BCUT2D eigenvalue weighted by molar-refractivity contribution is 6.29. The Hall–Kier alpha value is -1.42. The molecule has 1 rings (SSSR count). The Morgan fingerprint density at radius 1 is 1.67 bits per heavy atom. The van der Waals surface area contributed by atoms with Crippen LogP contribution in [-0.4, -0.2) is 21.0 Å². The van der Waals surface area contributed by atoms with Gasteiger partial charge in [0.2, 0.25) is 0 Å². The van der Waals surface area contributed by atoms with E-state index in [2.05, 4.69) is 16.5 Å². The summed E-state index contributed by atoms with van der Waals surface area (Å²) in [5.74, 6) is -0.936. The van der Waals surface area contributed by atoms with Crippen molar-refractivity contribution in [2.75, 3.05) is 0 Å². The zero-order valence-electron chi connectivity index (χ0n) is 8.27. The lowest BCUT2D eigenvalue weighted by atomic mass is 9.86. The summed E-state index contributed by atoms with van der Waals surface area (Å²) in [5, 5.41) is 9.29. The van der Waals surface area contributed by atoms with Gasteiger partial charge in [-0.05, 0) is 6.92 Å². The molecule has 80 valence electrons. The Labute approximate surface area is 92.6 Å². The molecule has 0 fully saturated rings. The quantitative estimate of drug-likeness (QED) is 0.797. The van der Waals surface area contributed by atoms with Crippen molar-refractivity contribution in [3.05, 3.63) is 35.9 Å². The van der Waals surface area contributed by atoms with Crippen molar-refractivity contribution in [2.24, 2.45) is 5.41 Å². The molecular formula is C10H11ClN2O2. The van der Waals surface area contributed by atoms with E-state index >= 15 is 0 Å². The Balaban J connectivity index is 2.89. The lowest BCUT2D eigenvalue weighted by Gasteiger charge is -2.19. The Morgan fingerprint density at radius 2 is 2.33 bits per heavy atom. The number of carbonyl (C=O) groups is 1. The highest BCUT2D eigenvalue weighted by Gasteiger charge is 2.30. The first-order valence-corrected chi connectivity index (χ1v) is 4.69. The summed E-state index contributed by atoms with van der Waals surface area (Å²) in [7, 11) is 0. The van der Waals surface area contributed by atoms with E-state index in [1.165, 1.54) is 18.5 Å². The minimum absolute atomic E-state index is 0.246. The predicted octanol–water partition coefficient (Wildman–Crippen LogP) is 1.95. The van der Waals surface area contributed by atoms with Crippen LogP contribution in [0.2, 0.25) is 5.15 Å². The van der Waals surface area contributed by atoms with Crippen LogP contribution in [0.4, 0.5) is 0 Å². The largest absolute Gasteiger partial charge is 0.481 e. The second-order valence-electron chi connectivity index (χ2n) is 3.43. The van der Waals surface area contributed by atoms with E-state index in [1.807, 2.05) is 0 Å². The number of carboxylic acids is 1. The van der Waals surface area contributed by atoms with Gasteiger partial charge in [-0.2, -0.15) is 0 Å². The number of aromatic nitrogens is 2. The minimum Gasteiger partial charge on any atom is -0.481 e. The first-order valence-electron chi connectivity index (χ1n) is 4.31. The van der Waals surface area contributed by atoms with Gasteiger partial charge in [0.1, 0.15) is 5.15 Å². The van der Waals surface area contributed by atoms with E-state index in [0.29, 0.717) is 5.69 Å². The molecule has 0 saturated heterocycles. The maximum atomic E-state index is 11.0. The van der Waals surface area contributed by atoms with E-state index in [-0.39, 0.29) is 11.6 Å². The van der Waals surface area contributed by atoms with Crippen molar-refractivity contribution >= 4 is 17.6 Å². The van der Waals surface area contributed by atoms with Gasteiger partial charge in [0.15, 0.2) is 0 Å². The van der Waals surface area contributed by atoms with Crippen LogP contribution < -0.4 is 0 Å². The van der Waals surface area contributed by atoms with Gasteiger partial charge in [-0.1, -0.05) is 17.7 Å². The van der Waals surface area contributed by atoms with Crippen LogP contribution in [0.1, 0.15) is 12.6 Å². The molecule has 0 saturated carbocycles. The summed E-state index contributed by atoms with van der Waals surface area (Å²) >= 11 is 5.57. The minimum atomic E-state index is -1.03. The maximum absolute atomic E-state index is 11.0. The molecule has 1 unspecified atom stereocenters. The maximum Gasteiger partial charge on any atom is 0.313 e. The van der Waals surface area contributed by atoms with Crippen LogP contribution in [0.5, 0.6) is 0 Å². The molecule has 5 heteroatoms. The molecule has 0 radical (unpaired) electrons. The molecule has 4 nitrogen and oxygen atoms in total. The summed E-state index contributed by atoms with van der Waals surface area (Å²) < 4.78 is 0. The van der Waals surface area contributed by atoms with E-state index < -0.39 is 11.4 Å². The van der Waals surface area contributed by atoms with Gasteiger partial charge < -0.3 is 5.11 Å². The molecule has 1 atom stereocenters. The van der Waals surface area contributed by atoms with Crippen molar-refractivity contribution in [3.63, 3.8) is 0 Å². The average molecular weight is 227 g/mol. The summed E-state index contributed by atoms with van der Waals surface area (Å²) in [5.41, 5.74) is -0.452. The monoisotopic (exact) mass is 226 g/mol. The molecule has 0 aliphatic heterocycles. The number of rotatable bonds is 4. The Bertz CT molecular complexity index is 378. The number of carboxylic acid groups (broad SMARTS) is 1. The summed E-state index contributed by atoms with van der Waals surface area (Å²) in [4.78, 5) is 18.8. The molecule has 1 aromatic heterocycles. The van der Waals surface area contributed by atoms with Crippen molar-refractivity contribution < 1.29 is 9.90 Å². The van der Waals surface area contributed by atoms with Crippen molar-refractivity contribution in [1.82, 2.24) is 9.97 Å². The van der Waals surface area contributed by atoms with Gasteiger partial charge >= 0.3 is 5.97 Å². The van der Waals surface area contributed by atoms with E-state index in [9.17, 15) is 4.79 Å². The fourth-order valence-electron chi connectivity index (χ4n) is 1.04. The van der Waals surface area contributed by atoms with Crippen LogP contribution in [0, 0.1) is 5.41 Å². The summed E-state index contributed by atoms with van der Waals surface area (Å²) in [6, 6.07) is 0. The third-order valence-electron chi connectivity index (χ3n) is 2.16. The Kier molecular flexibility index (Phi) is 3.42. The first-order chi connectivity index (χ1) is 6.98. The number of halogens is 1. The topological polar surface area (TPSA) is 63.1 Å². The van der Waals surface area contributed by atoms with Gasteiger partial charge in [-0.25, -0.2) is 4.98 Å². The molecule has 1 aromatic rings. The molecule has 0 aliphatic rings. The fraction of sp³-hybridized carbons (Fsp3) is 0.300. The SMILES string of the molecule is C=CC(C)(Cc1cnc(Cl)cn1)C(=O)O. The lowest BCUT2D eigenvalue weighted by molar-refractivity contribution is -0.145. The standard InChI is InChI=1S/C10H11ClN2O2/c1-3-10(2,9(14)15)4-7-5-13-8(11)6-12-7/h3,5-6H,1,4H2,2H3,(H,14,15). The van der Waals surface area contributed by atoms with Gasteiger partial charge in [-0.3, -0.25) is 9.78 Å². The normalized spacial score (nSPS) is 14.3. The molecular weight excluding hydrogens is 216 g/mol. The van der Waals surface area contributed by atoms with Crippen molar-refractivity contribution in [2.45, 2.75) is 13.3 Å². The molecule has 15 heavy (non-hydrogen) atoms. The van der Waals surface area contributed by atoms with Gasteiger partial charge in [0, 0.05) is 6.42 Å². The smallest absolute Gasteiger partial charge is 0.313 e. The number of hydrogen-bond acceptors (Lipinski definition) is 3. The molecule has 0 amide bonds. The highest BCUT2D eigenvalue weighted by atomic mass is 35.5. The summed E-state index contributed by atoms with van der Waals surface area (Å²) in [6.07, 6.45) is 4.50. The molecule has 0 bridgehead atoms. The predicted molar refractivity (Wildman–Crippen MR) is 56.7 cm³/mol. The summed E-state index contributed by atoms with van der Waals surface area (Å²) in [6.45, 7) is 5.09. The van der Waals surface area contributed by atoms with Crippen LogP contribution in [0.25, 0.3) is 0 Å². The number of hydrogen-bond donors (Lipinski definition) is 1. The van der Waals surface area contributed by atoms with Crippen LogP contribution in [0.15, 0.2) is 25.0 Å². The Morgan fingerprint density at radius 3 is 2.73 bits per heavy atom. The molecule has 0 aromatic carbocycles. The first kappa shape index (κ1) is 11.7. The van der Waals surface area contributed by atoms with Crippen molar-refractivity contribution in [1.29, 1.82) is 0 Å². The third-order valence-corrected chi connectivity index (χ3v) is 2.36. The van der Waals surface area contributed by atoms with Crippen LogP contribution in [0.3, 0.4) is 0 Å². The van der Waals surface area contributed by atoms with Crippen LogP contribution >= 0.6 is 11.6 Å². The van der Waals surface area contributed by atoms with E-state index in [4.69, 9.17) is 16.7 Å². The average Bonchev–Trinajstić information content (AvgIpc) is 2.21. The van der Waals surface area contributed by atoms with Gasteiger partial charge in [0.25, 0.3) is 0 Å². The van der Waals surface area contributed by atoms with Crippen LogP contribution in [-0.2, 0) is 11.2 Å². The molecule has 1 heterocycles. The fourth-order valence-corrected chi connectivity index (χ4v) is 1.14. The van der Waals surface area contributed by atoms with E-state index in [0.717, 1.165) is 0 Å². The zero-order valence-corrected chi connectivity index (χ0v) is 9.03. The second kappa shape index (κ2) is 4.40. The van der Waals surface area contributed by atoms with Crippen molar-refractivity contribution in [3.8, 4) is 0 Å². The zero-order chi connectivity index (χ0) is 11.5. The number of nitrogens with zero attached hydrogens (tertiary/aromatic N) is 2. The number of aliphatic carboxylic acids is 1. The molecule has 1 N–H and O–H groups in total. The molecule has 0 aliphatic carbocycles. The van der Waals surface area contributed by atoms with Gasteiger partial charge in [-0.15, -0.1) is 6.58 Å². The van der Waals surface area contributed by atoms with Gasteiger partial charge in [0.05, 0.1) is 23.5 Å². The second-order valence-corrected chi connectivity index (χ2v) is 3.82. The highest BCUT2D eigenvalue weighted by Crippen LogP contribution is 2.23. The van der Waals surface area contributed by atoms with E-state index in [1.54, 1.807) is 6.92 Å². The third kappa shape index (κ3) is 2.76.